The second-order valence-corrected chi connectivity index (χ2v) is 5.50. The molecular formula is C15H19NO. The molecule has 0 unspecified atom stereocenters. The molecule has 0 radical (unpaired) electrons. The van der Waals surface area contributed by atoms with E-state index in [4.69, 9.17) is 9.73 Å². The first kappa shape index (κ1) is 10.8. The summed E-state index contributed by atoms with van der Waals surface area (Å²) in [6.07, 6.45) is 2.36. The van der Waals surface area contributed by atoms with E-state index in [9.17, 15) is 0 Å². The second-order valence-electron chi connectivity index (χ2n) is 5.50. The molecule has 1 aromatic carbocycles. The van der Waals surface area contributed by atoms with Crippen molar-refractivity contribution >= 4 is 5.90 Å². The van der Waals surface area contributed by atoms with E-state index < -0.39 is 0 Å². The van der Waals surface area contributed by atoms with Crippen molar-refractivity contribution in [3.63, 3.8) is 0 Å². The normalized spacial score (nSPS) is 25.6. The van der Waals surface area contributed by atoms with Crippen molar-refractivity contribution in [1.29, 1.82) is 0 Å². The Morgan fingerprint density at radius 2 is 1.94 bits per heavy atom. The molecule has 1 atom stereocenters. The van der Waals surface area contributed by atoms with E-state index in [1.807, 2.05) is 0 Å². The van der Waals surface area contributed by atoms with Crippen LogP contribution in [0.15, 0.2) is 35.3 Å². The van der Waals surface area contributed by atoms with Crippen LogP contribution >= 0.6 is 0 Å². The van der Waals surface area contributed by atoms with Gasteiger partial charge < -0.3 is 4.74 Å². The Morgan fingerprint density at radius 3 is 2.47 bits per heavy atom. The van der Waals surface area contributed by atoms with Gasteiger partial charge in [-0.15, -0.1) is 0 Å². The molecule has 2 nitrogen and oxygen atoms in total. The molecule has 0 bridgehead atoms. The molecule has 2 heteroatoms. The first-order chi connectivity index (χ1) is 8.22. The zero-order valence-corrected chi connectivity index (χ0v) is 10.5. The zero-order valence-electron chi connectivity index (χ0n) is 10.5. The Labute approximate surface area is 103 Å². The van der Waals surface area contributed by atoms with Crippen LogP contribution in [-0.2, 0) is 10.2 Å². The molecule has 0 amide bonds. The molecule has 2 aliphatic rings. The number of hydrogen-bond donors (Lipinski definition) is 0. The second kappa shape index (κ2) is 3.86. The van der Waals surface area contributed by atoms with Crippen LogP contribution in [0.4, 0.5) is 0 Å². The van der Waals surface area contributed by atoms with Crippen molar-refractivity contribution in [1.82, 2.24) is 0 Å². The summed E-state index contributed by atoms with van der Waals surface area (Å²) in [7, 11) is 0. The first-order valence-corrected chi connectivity index (χ1v) is 6.49. The number of ether oxygens (including phenoxy) is 1. The number of nitrogens with zero attached hydrogens (tertiary/aromatic N) is 1. The van der Waals surface area contributed by atoms with Crippen LogP contribution in [0.5, 0.6) is 0 Å². The highest BCUT2D eigenvalue weighted by Gasteiger charge is 2.52. The summed E-state index contributed by atoms with van der Waals surface area (Å²) >= 11 is 0. The SMILES string of the molecule is CC(C)[C@@H]1COC(C2(c3ccccc3)CC2)=N1. The summed E-state index contributed by atoms with van der Waals surface area (Å²) in [6.45, 7) is 5.19. The lowest BCUT2D eigenvalue weighted by molar-refractivity contribution is 0.281. The molecule has 0 spiro atoms. The maximum atomic E-state index is 5.86. The van der Waals surface area contributed by atoms with Crippen molar-refractivity contribution in [3.05, 3.63) is 35.9 Å². The monoisotopic (exact) mass is 229 g/mol. The van der Waals surface area contributed by atoms with Gasteiger partial charge in [-0.25, -0.2) is 4.99 Å². The molecule has 0 aromatic heterocycles. The average Bonchev–Trinajstić information content (AvgIpc) is 3.00. The van der Waals surface area contributed by atoms with Crippen LogP contribution in [0.25, 0.3) is 0 Å². The molecule has 1 aromatic rings. The number of benzene rings is 1. The van der Waals surface area contributed by atoms with Crippen LogP contribution < -0.4 is 0 Å². The van der Waals surface area contributed by atoms with Crippen LogP contribution in [0.2, 0.25) is 0 Å². The molecule has 1 saturated carbocycles. The van der Waals surface area contributed by atoms with Crippen molar-refractivity contribution in [2.45, 2.75) is 38.1 Å². The summed E-state index contributed by atoms with van der Waals surface area (Å²) in [6, 6.07) is 11.0. The molecule has 1 fully saturated rings. The van der Waals surface area contributed by atoms with Crippen molar-refractivity contribution < 1.29 is 4.74 Å². The largest absolute Gasteiger partial charge is 0.478 e. The standard InChI is InChI=1S/C15H19NO/c1-11(2)13-10-17-14(16-13)15(8-9-15)12-6-4-3-5-7-12/h3-7,11,13H,8-10H2,1-2H3/t13-/m0/s1. The predicted octanol–water partition coefficient (Wildman–Crippen LogP) is 3.17. The Hall–Kier alpha value is -1.31. The number of hydrogen-bond acceptors (Lipinski definition) is 2. The summed E-state index contributed by atoms with van der Waals surface area (Å²) in [5.74, 6) is 1.56. The van der Waals surface area contributed by atoms with Crippen LogP contribution in [0, 0.1) is 5.92 Å². The van der Waals surface area contributed by atoms with Gasteiger partial charge in [0, 0.05) is 0 Å². The van der Waals surface area contributed by atoms with Gasteiger partial charge in [-0.1, -0.05) is 44.2 Å². The third-order valence-electron chi connectivity index (χ3n) is 3.93. The highest BCUT2D eigenvalue weighted by atomic mass is 16.5. The van der Waals surface area contributed by atoms with Crippen LogP contribution in [-0.4, -0.2) is 18.5 Å². The highest BCUT2D eigenvalue weighted by molar-refractivity contribution is 5.92. The van der Waals surface area contributed by atoms with Crippen LogP contribution in [0.3, 0.4) is 0 Å². The van der Waals surface area contributed by atoms with E-state index in [1.54, 1.807) is 0 Å². The predicted molar refractivity (Wildman–Crippen MR) is 69.4 cm³/mol. The van der Waals surface area contributed by atoms with Gasteiger partial charge in [0.25, 0.3) is 0 Å². The molecule has 3 rings (SSSR count). The van der Waals surface area contributed by atoms with E-state index in [0.717, 1.165) is 12.5 Å². The first-order valence-electron chi connectivity index (χ1n) is 6.49. The highest BCUT2D eigenvalue weighted by Crippen LogP contribution is 2.50. The zero-order chi connectivity index (χ0) is 11.9. The molecule has 0 N–H and O–H groups in total. The molecule has 1 aliphatic carbocycles. The van der Waals surface area contributed by atoms with Gasteiger partial charge in [-0.2, -0.15) is 0 Å². The van der Waals surface area contributed by atoms with Gasteiger partial charge in [0.15, 0.2) is 5.90 Å². The van der Waals surface area contributed by atoms with Crippen molar-refractivity contribution in [3.8, 4) is 0 Å². The van der Waals surface area contributed by atoms with Gasteiger partial charge in [0.2, 0.25) is 0 Å². The van der Waals surface area contributed by atoms with E-state index >= 15 is 0 Å². The van der Waals surface area contributed by atoms with Crippen molar-refractivity contribution in [2.24, 2.45) is 10.9 Å². The van der Waals surface area contributed by atoms with E-state index in [2.05, 4.69) is 44.2 Å². The lowest BCUT2D eigenvalue weighted by Crippen LogP contribution is -2.20. The quantitative estimate of drug-likeness (QED) is 0.780. The van der Waals surface area contributed by atoms with E-state index in [1.165, 1.54) is 18.4 Å². The average molecular weight is 229 g/mol. The Kier molecular flexibility index (Phi) is 2.46. The maximum absolute atomic E-state index is 5.86. The molecule has 17 heavy (non-hydrogen) atoms. The Morgan fingerprint density at radius 1 is 1.24 bits per heavy atom. The Balaban J connectivity index is 1.88. The van der Waals surface area contributed by atoms with E-state index in [-0.39, 0.29) is 5.41 Å². The smallest absolute Gasteiger partial charge is 0.194 e. The molecule has 1 heterocycles. The lowest BCUT2D eigenvalue weighted by Gasteiger charge is -2.14. The van der Waals surface area contributed by atoms with Gasteiger partial charge in [0.1, 0.15) is 6.61 Å². The third-order valence-corrected chi connectivity index (χ3v) is 3.93. The molecular weight excluding hydrogens is 210 g/mol. The lowest BCUT2D eigenvalue weighted by atomic mass is 9.96. The van der Waals surface area contributed by atoms with Gasteiger partial charge in [-0.05, 0) is 24.3 Å². The van der Waals surface area contributed by atoms with Gasteiger partial charge in [0.05, 0.1) is 11.5 Å². The fraction of sp³-hybridized carbons (Fsp3) is 0.533. The fourth-order valence-corrected chi connectivity index (χ4v) is 2.50. The topological polar surface area (TPSA) is 21.6 Å². The van der Waals surface area contributed by atoms with Crippen molar-refractivity contribution in [2.75, 3.05) is 6.61 Å². The molecule has 1 aliphatic heterocycles. The maximum Gasteiger partial charge on any atom is 0.194 e. The third kappa shape index (κ3) is 1.76. The Bertz CT molecular complexity index is 431. The van der Waals surface area contributed by atoms with Gasteiger partial charge in [-0.3, -0.25) is 0 Å². The van der Waals surface area contributed by atoms with Gasteiger partial charge >= 0.3 is 0 Å². The molecule has 90 valence electrons. The summed E-state index contributed by atoms with van der Waals surface area (Å²) < 4.78 is 5.86. The summed E-state index contributed by atoms with van der Waals surface area (Å²) in [5.41, 5.74) is 1.48. The van der Waals surface area contributed by atoms with Crippen LogP contribution in [0.1, 0.15) is 32.3 Å². The minimum Gasteiger partial charge on any atom is -0.478 e. The minimum atomic E-state index is 0.116. The van der Waals surface area contributed by atoms with E-state index in [0.29, 0.717) is 12.0 Å². The molecule has 0 saturated heterocycles. The summed E-state index contributed by atoms with van der Waals surface area (Å²) in [5, 5.41) is 0. The number of aliphatic imine (C=N–C) groups is 1. The fourth-order valence-electron chi connectivity index (χ4n) is 2.50. The summed E-state index contributed by atoms with van der Waals surface area (Å²) in [4.78, 5) is 4.79. The number of rotatable bonds is 3. The minimum absolute atomic E-state index is 0.116.